The number of hydrogen-bond acceptors (Lipinski definition) is 7. The Kier molecular flexibility index (Phi) is 5.21. The molecule has 9 heteroatoms. The minimum atomic E-state index is -1.29. The van der Waals surface area contributed by atoms with Crippen LogP contribution in [0, 0.1) is 11.7 Å². The van der Waals surface area contributed by atoms with Gasteiger partial charge >= 0.3 is 0 Å². The summed E-state index contributed by atoms with van der Waals surface area (Å²) in [5.74, 6) is -3.91. The van der Waals surface area contributed by atoms with Crippen molar-refractivity contribution in [2.45, 2.75) is 25.8 Å². The third-order valence-electron chi connectivity index (χ3n) is 4.87. The lowest BCUT2D eigenvalue weighted by molar-refractivity contribution is -0.135. The molecule has 1 aliphatic rings. The van der Waals surface area contributed by atoms with E-state index in [0.29, 0.717) is 10.6 Å². The van der Waals surface area contributed by atoms with E-state index >= 15 is 0 Å². The number of aromatic nitrogens is 3. The molecule has 0 aliphatic carbocycles. The van der Waals surface area contributed by atoms with Gasteiger partial charge < -0.3 is 0 Å². The number of Topliss-reactive ketones (excluding diaryl/α,β-unsaturated/α-hetero) is 2. The van der Waals surface area contributed by atoms with Gasteiger partial charge in [0.1, 0.15) is 16.7 Å². The van der Waals surface area contributed by atoms with Crippen LogP contribution < -0.4 is 4.90 Å². The van der Waals surface area contributed by atoms with Crippen LogP contribution in [0.4, 0.5) is 9.52 Å². The van der Waals surface area contributed by atoms with Gasteiger partial charge in [-0.3, -0.25) is 24.3 Å². The number of pyridine rings is 1. The first-order valence-electron chi connectivity index (χ1n) is 9.29. The number of anilines is 1. The van der Waals surface area contributed by atoms with Gasteiger partial charge in [-0.15, -0.1) is 10.2 Å². The third kappa shape index (κ3) is 3.41. The molecule has 0 bridgehead atoms. The van der Waals surface area contributed by atoms with Crippen molar-refractivity contribution >= 4 is 33.9 Å². The van der Waals surface area contributed by atoms with E-state index in [1.807, 2.05) is 13.8 Å². The zero-order valence-electron chi connectivity index (χ0n) is 16.2. The summed E-state index contributed by atoms with van der Waals surface area (Å²) in [6.07, 6.45) is 3.07. The highest BCUT2D eigenvalue weighted by molar-refractivity contribution is 7.15. The van der Waals surface area contributed by atoms with Crippen molar-refractivity contribution in [3.8, 4) is 0 Å². The van der Waals surface area contributed by atoms with E-state index in [-0.39, 0.29) is 16.6 Å². The van der Waals surface area contributed by atoms with Crippen molar-refractivity contribution in [2.75, 3.05) is 4.90 Å². The van der Waals surface area contributed by atoms with Crippen LogP contribution in [0.1, 0.15) is 46.7 Å². The second kappa shape index (κ2) is 7.83. The molecule has 0 N–H and O–H groups in total. The van der Waals surface area contributed by atoms with Crippen LogP contribution in [0.3, 0.4) is 0 Å². The van der Waals surface area contributed by atoms with E-state index in [9.17, 15) is 18.8 Å². The fourth-order valence-corrected chi connectivity index (χ4v) is 4.26. The number of ketones is 2. The number of amides is 1. The van der Waals surface area contributed by atoms with E-state index in [4.69, 9.17) is 0 Å². The van der Waals surface area contributed by atoms with Crippen molar-refractivity contribution in [3.63, 3.8) is 0 Å². The first-order valence-corrected chi connectivity index (χ1v) is 10.1. The van der Waals surface area contributed by atoms with Gasteiger partial charge in [0.25, 0.3) is 5.91 Å². The van der Waals surface area contributed by atoms with Crippen molar-refractivity contribution in [1.29, 1.82) is 0 Å². The Bertz CT molecular complexity index is 1110. The highest BCUT2D eigenvalue weighted by atomic mass is 32.1. The van der Waals surface area contributed by atoms with Crippen LogP contribution in [-0.2, 0) is 9.59 Å². The smallest absolute Gasteiger partial charge is 0.293 e. The quantitative estimate of drug-likeness (QED) is 0.354. The molecule has 0 saturated carbocycles. The highest BCUT2D eigenvalue weighted by Crippen LogP contribution is 2.42. The molecular weight excluding hydrogens is 407 g/mol. The van der Waals surface area contributed by atoms with E-state index in [1.54, 1.807) is 18.3 Å². The topological polar surface area (TPSA) is 93.1 Å². The molecule has 1 amide bonds. The molecule has 2 atom stereocenters. The summed E-state index contributed by atoms with van der Waals surface area (Å²) >= 11 is 1.20. The summed E-state index contributed by atoms with van der Waals surface area (Å²) in [6, 6.07) is 7.35. The van der Waals surface area contributed by atoms with Gasteiger partial charge in [0.2, 0.25) is 10.9 Å². The SMILES string of the molecule is CC(C)c1nnc(N2C(=O)C(=O)C(C(=O)c3ccc(F)cc3)C2c2cccnc2)s1. The van der Waals surface area contributed by atoms with E-state index in [1.165, 1.54) is 34.6 Å². The molecule has 152 valence electrons. The lowest BCUT2D eigenvalue weighted by atomic mass is 9.87. The maximum absolute atomic E-state index is 13.3. The van der Waals surface area contributed by atoms with Gasteiger partial charge in [-0.25, -0.2) is 4.39 Å². The second-order valence-corrected chi connectivity index (χ2v) is 8.18. The van der Waals surface area contributed by atoms with Crippen molar-refractivity contribution in [3.05, 3.63) is 70.7 Å². The van der Waals surface area contributed by atoms with Gasteiger partial charge in [-0.05, 0) is 35.9 Å². The van der Waals surface area contributed by atoms with E-state index in [2.05, 4.69) is 15.2 Å². The molecule has 1 fully saturated rings. The first kappa shape index (κ1) is 20.0. The van der Waals surface area contributed by atoms with Gasteiger partial charge in [0.05, 0.1) is 6.04 Å². The molecule has 1 saturated heterocycles. The number of nitrogens with zero attached hydrogens (tertiary/aromatic N) is 4. The van der Waals surface area contributed by atoms with Crippen LogP contribution in [0.25, 0.3) is 0 Å². The minimum Gasteiger partial charge on any atom is -0.293 e. The van der Waals surface area contributed by atoms with Crippen LogP contribution in [0.5, 0.6) is 0 Å². The number of halogens is 1. The van der Waals surface area contributed by atoms with Gasteiger partial charge in [-0.2, -0.15) is 0 Å². The summed E-state index contributed by atoms with van der Waals surface area (Å²) in [5.41, 5.74) is 0.678. The molecule has 3 heterocycles. The second-order valence-electron chi connectivity index (χ2n) is 7.20. The summed E-state index contributed by atoms with van der Waals surface area (Å²) in [4.78, 5) is 44.4. The highest BCUT2D eigenvalue weighted by Gasteiger charge is 2.53. The first-order chi connectivity index (χ1) is 14.4. The lowest BCUT2D eigenvalue weighted by Gasteiger charge is -2.24. The Morgan fingerprint density at radius 1 is 1.13 bits per heavy atom. The van der Waals surface area contributed by atoms with Gasteiger partial charge in [0, 0.05) is 23.9 Å². The number of rotatable bonds is 5. The molecule has 7 nitrogen and oxygen atoms in total. The summed E-state index contributed by atoms with van der Waals surface area (Å²) in [5, 5.41) is 9.17. The Balaban J connectivity index is 1.82. The Morgan fingerprint density at radius 3 is 2.47 bits per heavy atom. The molecular formula is C21H17FN4O3S. The van der Waals surface area contributed by atoms with Crippen molar-refractivity contribution in [1.82, 2.24) is 15.2 Å². The summed E-state index contributed by atoms with van der Waals surface area (Å²) in [7, 11) is 0. The van der Waals surface area contributed by atoms with Crippen LogP contribution >= 0.6 is 11.3 Å². The molecule has 1 aliphatic heterocycles. The number of carbonyl (C=O) groups excluding carboxylic acids is 3. The molecule has 2 aromatic heterocycles. The molecule has 3 aromatic rings. The summed E-state index contributed by atoms with van der Waals surface area (Å²) in [6.45, 7) is 3.89. The molecule has 2 unspecified atom stereocenters. The zero-order valence-corrected chi connectivity index (χ0v) is 17.0. The zero-order chi connectivity index (χ0) is 21.4. The van der Waals surface area contributed by atoms with Crippen LogP contribution in [0.2, 0.25) is 0 Å². The molecule has 1 aromatic carbocycles. The lowest BCUT2D eigenvalue weighted by Crippen LogP contribution is -2.30. The van der Waals surface area contributed by atoms with E-state index in [0.717, 1.165) is 12.1 Å². The standard InChI is InChI=1S/C21H17FN4O3S/c1-11(2)19-24-25-21(30-19)26-16(13-4-3-9-23-10-13)15(18(28)20(26)29)17(27)12-5-7-14(22)8-6-12/h3-11,15-16H,1-2H3. The molecule has 0 radical (unpaired) electrons. The minimum absolute atomic E-state index is 0.0955. The Morgan fingerprint density at radius 2 is 1.87 bits per heavy atom. The van der Waals surface area contributed by atoms with Crippen molar-refractivity contribution < 1.29 is 18.8 Å². The fraction of sp³-hybridized carbons (Fsp3) is 0.238. The Labute approximate surface area is 175 Å². The number of carbonyl (C=O) groups is 3. The van der Waals surface area contributed by atoms with Crippen molar-refractivity contribution in [2.24, 2.45) is 5.92 Å². The van der Waals surface area contributed by atoms with Crippen LogP contribution in [-0.4, -0.2) is 32.7 Å². The monoisotopic (exact) mass is 424 g/mol. The third-order valence-corrected chi connectivity index (χ3v) is 6.10. The average molecular weight is 424 g/mol. The largest absolute Gasteiger partial charge is 0.297 e. The van der Waals surface area contributed by atoms with Gasteiger partial charge in [0.15, 0.2) is 5.78 Å². The van der Waals surface area contributed by atoms with E-state index < -0.39 is 35.3 Å². The predicted octanol–water partition coefficient (Wildman–Crippen LogP) is 3.35. The predicted molar refractivity (Wildman–Crippen MR) is 108 cm³/mol. The molecule has 0 spiro atoms. The summed E-state index contributed by atoms with van der Waals surface area (Å²) < 4.78 is 13.3. The van der Waals surface area contributed by atoms with Gasteiger partial charge in [-0.1, -0.05) is 31.3 Å². The molecule has 30 heavy (non-hydrogen) atoms. The fourth-order valence-electron chi connectivity index (χ4n) is 3.38. The maximum Gasteiger partial charge on any atom is 0.297 e. The average Bonchev–Trinajstić information content (AvgIpc) is 3.32. The normalized spacial score (nSPS) is 19.0. The Hall–Kier alpha value is -3.33. The number of hydrogen-bond donors (Lipinski definition) is 0. The molecule has 4 rings (SSSR count). The maximum atomic E-state index is 13.3. The number of benzene rings is 1. The van der Waals surface area contributed by atoms with Crippen LogP contribution in [0.15, 0.2) is 48.8 Å².